The van der Waals surface area contributed by atoms with Gasteiger partial charge in [-0.05, 0) is 38.9 Å². The van der Waals surface area contributed by atoms with E-state index in [1.807, 2.05) is 38.1 Å². The van der Waals surface area contributed by atoms with Gasteiger partial charge in [0.25, 0.3) is 0 Å². The van der Waals surface area contributed by atoms with Gasteiger partial charge in [0.2, 0.25) is 5.91 Å². The third-order valence-corrected chi connectivity index (χ3v) is 2.54. The number of hydrogen-bond donors (Lipinski definition) is 2. The number of benzene rings is 1. The molecule has 0 spiro atoms. The molecule has 18 heavy (non-hydrogen) atoms. The van der Waals surface area contributed by atoms with E-state index in [0.717, 1.165) is 12.2 Å². The second kappa shape index (κ2) is 7.71. The molecule has 3 N–H and O–H groups in total. The number of nitrogens with one attached hydrogen (secondary N) is 1. The molecule has 0 saturated heterocycles. The fourth-order valence-electron chi connectivity index (χ4n) is 1.51. The maximum Gasteiger partial charge on any atom is 0.220 e. The monoisotopic (exact) mass is 250 g/mol. The summed E-state index contributed by atoms with van der Waals surface area (Å²) >= 11 is 0. The summed E-state index contributed by atoms with van der Waals surface area (Å²) in [6, 6.07) is 7.85. The Balaban J connectivity index is 2.26. The summed E-state index contributed by atoms with van der Waals surface area (Å²) in [6.07, 6.45) is 1.20. The van der Waals surface area contributed by atoms with Crippen molar-refractivity contribution in [3.05, 3.63) is 29.8 Å². The molecule has 1 aromatic carbocycles. The normalized spacial score (nSPS) is 11.9. The van der Waals surface area contributed by atoms with Gasteiger partial charge in [-0.3, -0.25) is 4.79 Å². The van der Waals surface area contributed by atoms with Crippen molar-refractivity contribution in [3.8, 4) is 5.75 Å². The number of aryl methyl sites for hydroxylation is 1. The van der Waals surface area contributed by atoms with E-state index < -0.39 is 0 Å². The number of ether oxygens (including phenoxy) is 1. The van der Waals surface area contributed by atoms with Crippen LogP contribution in [-0.2, 0) is 4.79 Å². The van der Waals surface area contributed by atoms with Crippen LogP contribution in [0.5, 0.6) is 5.75 Å². The van der Waals surface area contributed by atoms with Crippen LogP contribution in [0.1, 0.15) is 25.3 Å². The third-order valence-electron chi connectivity index (χ3n) is 2.54. The quantitative estimate of drug-likeness (QED) is 0.773. The molecule has 0 aliphatic heterocycles. The Morgan fingerprint density at radius 3 is 2.67 bits per heavy atom. The summed E-state index contributed by atoms with van der Waals surface area (Å²) in [7, 11) is 0. The van der Waals surface area contributed by atoms with Gasteiger partial charge < -0.3 is 15.8 Å². The van der Waals surface area contributed by atoms with Gasteiger partial charge in [-0.1, -0.05) is 17.7 Å². The average molecular weight is 250 g/mol. The van der Waals surface area contributed by atoms with Crippen LogP contribution in [0.3, 0.4) is 0 Å². The number of carbonyl (C=O) groups excluding carboxylic acids is 1. The van der Waals surface area contributed by atoms with E-state index in [9.17, 15) is 4.79 Å². The zero-order valence-electron chi connectivity index (χ0n) is 11.1. The van der Waals surface area contributed by atoms with Crippen molar-refractivity contribution in [2.75, 3.05) is 13.2 Å². The van der Waals surface area contributed by atoms with Crippen LogP contribution in [0.4, 0.5) is 0 Å². The summed E-state index contributed by atoms with van der Waals surface area (Å²) in [4.78, 5) is 11.4. The van der Waals surface area contributed by atoms with Crippen molar-refractivity contribution < 1.29 is 9.53 Å². The lowest BCUT2D eigenvalue weighted by molar-refractivity contribution is -0.121. The zero-order chi connectivity index (χ0) is 13.4. The van der Waals surface area contributed by atoms with E-state index in [4.69, 9.17) is 10.5 Å². The first-order valence-corrected chi connectivity index (χ1v) is 6.30. The van der Waals surface area contributed by atoms with Gasteiger partial charge in [0.1, 0.15) is 12.4 Å². The molecule has 4 nitrogen and oxygen atoms in total. The second-order valence-corrected chi connectivity index (χ2v) is 4.48. The molecule has 4 heteroatoms. The fraction of sp³-hybridized carbons (Fsp3) is 0.500. The lowest BCUT2D eigenvalue weighted by Gasteiger charge is -2.15. The molecular formula is C14H22N2O2. The predicted octanol–water partition coefficient (Wildman–Crippen LogP) is 1.62. The number of amides is 1. The van der Waals surface area contributed by atoms with Crippen LogP contribution in [0, 0.1) is 6.92 Å². The Bertz CT molecular complexity index is 363. The minimum atomic E-state index is -0.00317. The Morgan fingerprint density at radius 1 is 1.39 bits per heavy atom. The van der Waals surface area contributed by atoms with Gasteiger partial charge in [-0.15, -0.1) is 0 Å². The smallest absolute Gasteiger partial charge is 0.220 e. The van der Waals surface area contributed by atoms with E-state index in [1.165, 1.54) is 5.56 Å². The van der Waals surface area contributed by atoms with Gasteiger partial charge in [0.05, 0.1) is 6.04 Å². The highest BCUT2D eigenvalue weighted by atomic mass is 16.5. The Morgan fingerprint density at radius 2 is 2.06 bits per heavy atom. The first-order valence-electron chi connectivity index (χ1n) is 6.30. The minimum Gasteiger partial charge on any atom is -0.491 e. The first kappa shape index (κ1) is 14.5. The third kappa shape index (κ3) is 5.68. The molecule has 1 atom stereocenters. The standard InChI is InChI=1S/C14H22N2O2/c1-11-5-7-13(8-6-11)18-10-12(2)16-14(17)4-3-9-15/h5-8,12H,3-4,9-10,15H2,1-2H3,(H,16,17). The molecule has 0 heterocycles. The van der Waals surface area contributed by atoms with Gasteiger partial charge in [-0.25, -0.2) is 0 Å². The van der Waals surface area contributed by atoms with Crippen LogP contribution < -0.4 is 15.8 Å². The highest BCUT2D eigenvalue weighted by Crippen LogP contribution is 2.11. The minimum absolute atomic E-state index is 0.00317. The van der Waals surface area contributed by atoms with Gasteiger partial charge in [0, 0.05) is 6.42 Å². The Labute approximate surface area is 109 Å². The molecular weight excluding hydrogens is 228 g/mol. The van der Waals surface area contributed by atoms with Crippen molar-refractivity contribution in [1.29, 1.82) is 0 Å². The molecule has 0 saturated carbocycles. The van der Waals surface area contributed by atoms with Crippen molar-refractivity contribution in [2.45, 2.75) is 32.7 Å². The van der Waals surface area contributed by atoms with E-state index in [0.29, 0.717) is 19.6 Å². The molecule has 0 aliphatic carbocycles. The summed E-state index contributed by atoms with van der Waals surface area (Å²) in [5, 5.41) is 2.88. The van der Waals surface area contributed by atoms with Crippen molar-refractivity contribution >= 4 is 5.91 Å². The second-order valence-electron chi connectivity index (χ2n) is 4.48. The molecule has 0 bridgehead atoms. The van der Waals surface area contributed by atoms with Crippen molar-refractivity contribution in [3.63, 3.8) is 0 Å². The molecule has 0 aliphatic rings. The van der Waals surface area contributed by atoms with Crippen molar-refractivity contribution in [1.82, 2.24) is 5.32 Å². The number of carbonyl (C=O) groups is 1. The van der Waals surface area contributed by atoms with Crippen LogP contribution in [0.15, 0.2) is 24.3 Å². The summed E-state index contributed by atoms with van der Waals surface area (Å²) in [6.45, 7) is 4.97. The molecule has 1 amide bonds. The number of hydrogen-bond acceptors (Lipinski definition) is 3. The van der Waals surface area contributed by atoms with Crippen LogP contribution in [0.2, 0.25) is 0 Å². The molecule has 1 unspecified atom stereocenters. The van der Waals surface area contributed by atoms with E-state index >= 15 is 0 Å². The number of rotatable bonds is 7. The van der Waals surface area contributed by atoms with Crippen LogP contribution in [-0.4, -0.2) is 25.1 Å². The average Bonchev–Trinajstić information content (AvgIpc) is 2.35. The number of nitrogens with two attached hydrogens (primary N) is 1. The molecule has 0 radical (unpaired) electrons. The summed E-state index contributed by atoms with van der Waals surface area (Å²) < 4.78 is 5.59. The maximum atomic E-state index is 11.4. The van der Waals surface area contributed by atoms with Crippen LogP contribution in [0.25, 0.3) is 0 Å². The largest absolute Gasteiger partial charge is 0.491 e. The zero-order valence-corrected chi connectivity index (χ0v) is 11.1. The molecule has 1 aromatic rings. The maximum absolute atomic E-state index is 11.4. The fourth-order valence-corrected chi connectivity index (χ4v) is 1.51. The van der Waals surface area contributed by atoms with Gasteiger partial charge in [-0.2, -0.15) is 0 Å². The summed E-state index contributed by atoms with van der Waals surface area (Å²) in [5.74, 6) is 0.851. The van der Waals surface area contributed by atoms with E-state index in [1.54, 1.807) is 0 Å². The first-order chi connectivity index (χ1) is 8.61. The Hall–Kier alpha value is -1.55. The molecule has 1 rings (SSSR count). The SMILES string of the molecule is Cc1ccc(OCC(C)NC(=O)CCCN)cc1. The lowest BCUT2D eigenvalue weighted by Crippen LogP contribution is -2.36. The lowest BCUT2D eigenvalue weighted by atomic mass is 10.2. The van der Waals surface area contributed by atoms with Crippen LogP contribution >= 0.6 is 0 Å². The van der Waals surface area contributed by atoms with E-state index in [2.05, 4.69) is 5.32 Å². The highest BCUT2D eigenvalue weighted by Gasteiger charge is 2.07. The molecule has 100 valence electrons. The highest BCUT2D eigenvalue weighted by molar-refractivity contribution is 5.76. The van der Waals surface area contributed by atoms with Gasteiger partial charge in [0.15, 0.2) is 0 Å². The molecule has 0 aromatic heterocycles. The summed E-state index contributed by atoms with van der Waals surface area (Å²) in [5.41, 5.74) is 6.55. The molecule has 0 fully saturated rings. The topological polar surface area (TPSA) is 64.3 Å². The van der Waals surface area contributed by atoms with Crippen molar-refractivity contribution in [2.24, 2.45) is 5.73 Å². The van der Waals surface area contributed by atoms with E-state index in [-0.39, 0.29) is 11.9 Å². The Kier molecular flexibility index (Phi) is 6.22. The van der Waals surface area contributed by atoms with Gasteiger partial charge >= 0.3 is 0 Å². The predicted molar refractivity (Wildman–Crippen MR) is 72.6 cm³/mol.